The molecule has 2 aromatic rings. The first-order valence-corrected chi connectivity index (χ1v) is 8.49. The predicted molar refractivity (Wildman–Crippen MR) is 93.1 cm³/mol. The number of amides is 1. The van der Waals surface area contributed by atoms with Gasteiger partial charge < -0.3 is 14.7 Å². The van der Waals surface area contributed by atoms with E-state index in [4.69, 9.17) is 4.74 Å². The highest BCUT2D eigenvalue weighted by molar-refractivity contribution is 5.93. The van der Waals surface area contributed by atoms with Crippen LogP contribution in [0.5, 0.6) is 5.75 Å². The number of carbonyl (C=O) groups is 2. The van der Waals surface area contributed by atoms with Gasteiger partial charge in [0.05, 0.1) is 5.56 Å². The van der Waals surface area contributed by atoms with Crippen LogP contribution in [-0.4, -0.2) is 35.0 Å². The number of carbonyl (C=O) groups excluding carboxylic acids is 2. The Morgan fingerprint density at radius 3 is 2.36 bits per heavy atom. The van der Waals surface area contributed by atoms with Gasteiger partial charge in [0.1, 0.15) is 5.75 Å². The molecule has 0 saturated carbocycles. The maximum atomic E-state index is 12.9. The number of hydrogen-bond acceptors (Lipinski definition) is 4. The summed E-state index contributed by atoms with van der Waals surface area (Å²) < 4.78 is 5.55. The predicted octanol–water partition coefficient (Wildman–Crippen LogP) is 3.30. The maximum Gasteiger partial charge on any atom is 0.339 e. The minimum absolute atomic E-state index is 0.0203. The zero-order chi connectivity index (χ0) is 17.6. The third-order valence-corrected chi connectivity index (χ3v) is 4.30. The fourth-order valence-corrected chi connectivity index (χ4v) is 2.98. The molecule has 1 aliphatic rings. The molecule has 1 aliphatic heterocycles. The van der Waals surface area contributed by atoms with E-state index < -0.39 is 12.1 Å². The van der Waals surface area contributed by atoms with Crippen LogP contribution in [0.2, 0.25) is 0 Å². The first-order chi connectivity index (χ1) is 12.1. The molecule has 0 bridgehead atoms. The van der Waals surface area contributed by atoms with E-state index in [1.54, 1.807) is 29.2 Å². The lowest BCUT2D eigenvalue weighted by atomic mass is 10.1. The number of aromatic hydroxyl groups is 1. The number of ether oxygens (including phenoxy) is 1. The normalized spacial score (nSPS) is 15.4. The average molecular weight is 339 g/mol. The highest BCUT2D eigenvalue weighted by Gasteiger charge is 2.30. The second-order valence-electron chi connectivity index (χ2n) is 6.13. The van der Waals surface area contributed by atoms with Crippen molar-refractivity contribution in [2.75, 3.05) is 13.1 Å². The average Bonchev–Trinajstić information content (AvgIpc) is 2.67. The lowest BCUT2D eigenvalue weighted by Gasteiger charge is -2.30. The SMILES string of the molecule is O=C(O[C@@H](C(=O)N1CCCCC1)c1ccccc1)c1cccc(O)c1. The number of esters is 1. The summed E-state index contributed by atoms with van der Waals surface area (Å²) in [5, 5.41) is 9.54. The minimum Gasteiger partial charge on any atom is -0.508 e. The van der Waals surface area contributed by atoms with Crippen molar-refractivity contribution in [3.63, 3.8) is 0 Å². The van der Waals surface area contributed by atoms with Crippen molar-refractivity contribution in [3.05, 3.63) is 65.7 Å². The van der Waals surface area contributed by atoms with Gasteiger partial charge in [-0.25, -0.2) is 4.79 Å². The van der Waals surface area contributed by atoms with E-state index in [9.17, 15) is 14.7 Å². The highest BCUT2D eigenvalue weighted by atomic mass is 16.5. The van der Waals surface area contributed by atoms with Gasteiger partial charge >= 0.3 is 5.97 Å². The fraction of sp³-hybridized carbons (Fsp3) is 0.300. The summed E-state index contributed by atoms with van der Waals surface area (Å²) in [6.07, 6.45) is 2.07. The second kappa shape index (κ2) is 7.83. The Labute approximate surface area is 146 Å². The van der Waals surface area contributed by atoms with Gasteiger partial charge in [-0.05, 0) is 37.5 Å². The van der Waals surface area contributed by atoms with Crippen molar-refractivity contribution in [1.29, 1.82) is 0 Å². The molecule has 1 N–H and O–H groups in total. The second-order valence-corrected chi connectivity index (χ2v) is 6.13. The molecule has 1 amide bonds. The van der Waals surface area contributed by atoms with E-state index in [-0.39, 0.29) is 17.2 Å². The van der Waals surface area contributed by atoms with E-state index in [0.29, 0.717) is 18.7 Å². The standard InChI is InChI=1S/C20H21NO4/c22-17-11-7-10-16(14-17)20(24)25-18(15-8-3-1-4-9-15)19(23)21-12-5-2-6-13-21/h1,3-4,7-11,14,18,22H,2,5-6,12-13H2/t18-/m1/s1. The summed E-state index contributed by atoms with van der Waals surface area (Å²) in [5.41, 5.74) is 0.860. The van der Waals surface area contributed by atoms with Crippen molar-refractivity contribution >= 4 is 11.9 Å². The molecule has 1 heterocycles. The molecule has 5 nitrogen and oxygen atoms in total. The van der Waals surface area contributed by atoms with Gasteiger partial charge in [0.25, 0.3) is 5.91 Å². The summed E-state index contributed by atoms with van der Waals surface area (Å²) >= 11 is 0. The summed E-state index contributed by atoms with van der Waals surface area (Å²) in [5.74, 6) is -0.845. The Bertz CT molecular complexity index is 738. The molecule has 0 spiro atoms. The van der Waals surface area contributed by atoms with Crippen LogP contribution < -0.4 is 0 Å². The van der Waals surface area contributed by atoms with Crippen LogP contribution in [0.25, 0.3) is 0 Å². The lowest BCUT2D eigenvalue weighted by Crippen LogP contribution is -2.40. The molecule has 5 heteroatoms. The van der Waals surface area contributed by atoms with E-state index in [2.05, 4.69) is 0 Å². The van der Waals surface area contributed by atoms with Crippen molar-refractivity contribution in [2.45, 2.75) is 25.4 Å². The van der Waals surface area contributed by atoms with Gasteiger partial charge in [-0.1, -0.05) is 36.4 Å². The number of hydrogen-bond donors (Lipinski definition) is 1. The molecule has 0 aromatic heterocycles. The number of likely N-dealkylation sites (tertiary alicyclic amines) is 1. The van der Waals surface area contributed by atoms with Gasteiger partial charge in [-0.3, -0.25) is 4.79 Å². The first-order valence-electron chi connectivity index (χ1n) is 8.49. The molecule has 0 aliphatic carbocycles. The molecule has 0 unspecified atom stereocenters. The number of benzene rings is 2. The quantitative estimate of drug-likeness (QED) is 0.868. The summed E-state index contributed by atoms with van der Waals surface area (Å²) in [6, 6.07) is 15.0. The number of rotatable bonds is 4. The Kier molecular flexibility index (Phi) is 5.33. The zero-order valence-corrected chi connectivity index (χ0v) is 13.9. The molecule has 0 radical (unpaired) electrons. The monoisotopic (exact) mass is 339 g/mol. The minimum atomic E-state index is -0.978. The number of nitrogens with zero attached hydrogens (tertiary/aromatic N) is 1. The molecule has 1 atom stereocenters. The van der Waals surface area contributed by atoms with Gasteiger partial charge in [0.15, 0.2) is 0 Å². The molecule has 1 saturated heterocycles. The third kappa shape index (κ3) is 4.18. The molecule has 25 heavy (non-hydrogen) atoms. The van der Waals surface area contributed by atoms with Crippen LogP contribution >= 0.6 is 0 Å². The third-order valence-electron chi connectivity index (χ3n) is 4.30. The van der Waals surface area contributed by atoms with Crippen LogP contribution in [0.15, 0.2) is 54.6 Å². The Hall–Kier alpha value is -2.82. The Balaban J connectivity index is 1.83. The van der Waals surface area contributed by atoms with E-state index in [0.717, 1.165) is 19.3 Å². The molecule has 3 rings (SSSR count). The lowest BCUT2D eigenvalue weighted by molar-refractivity contribution is -0.142. The number of phenolic OH excluding ortho intramolecular Hbond substituents is 1. The Morgan fingerprint density at radius 2 is 1.68 bits per heavy atom. The van der Waals surface area contributed by atoms with Crippen LogP contribution in [0.3, 0.4) is 0 Å². The van der Waals surface area contributed by atoms with Crippen LogP contribution in [0.4, 0.5) is 0 Å². The van der Waals surface area contributed by atoms with Gasteiger partial charge in [-0.2, -0.15) is 0 Å². The van der Waals surface area contributed by atoms with E-state index in [1.165, 1.54) is 12.1 Å². The van der Waals surface area contributed by atoms with Crippen LogP contribution in [-0.2, 0) is 9.53 Å². The van der Waals surface area contributed by atoms with Gasteiger partial charge in [0.2, 0.25) is 6.10 Å². The topological polar surface area (TPSA) is 66.8 Å². The van der Waals surface area contributed by atoms with Gasteiger partial charge in [0, 0.05) is 18.7 Å². The molecular weight excluding hydrogens is 318 g/mol. The fourth-order valence-electron chi connectivity index (χ4n) is 2.98. The molecule has 130 valence electrons. The summed E-state index contributed by atoms with van der Waals surface area (Å²) in [4.78, 5) is 27.2. The zero-order valence-electron chi connectivity index (χ0n) is 13.9. The van der Waals surface area contributed by atoms with Crippen LogP contribution in [0, 0.1) is 0 Å². The summed E-state index contributed by atoms with van der Waals surface area (Å²) in [6.45, 7) is 1.37. The molecule has 1 fully saturated rings. The van der Waals surface area contributed by atoms with E-state index in [1.807, 2.05) is 18.2 Å². The van der Waals surface area contributed by atoms with Crippen molar-refractivity contribution in [2.24, 2.45) is 0 Å². The molecule has 2 aromatic carbocycles. The largest absolute Gasteiger partial charge is 0.508 e. The van der Waals surface area contributed by atoms with E-state index >= 15 is 0 Å². The maximum absolute atomic E-state index is 12.9. The molecular formula is C20H21NO4. The van der Waals surface area contributed by atoms with Crippen molar-refractivity contribution in [3.8, 4) is 5.75 Å². The van der Waals surface area contributed by atoms with Crippen molar-refractivity contribution in [1.82, 2.24) is 4.90 Å². The van der Waals surface area contributed by atoms with Gasteiger partial charge in [-0.15, -0.1) is 0 Å². The summed E-state index contributed by atoms with van der Waals surface area (Å²) in [7, 11) is 0. The Morgan fingerprint density at radius 1 is 0.960 bits per heavy atom. The van der Waals surface area contributed by atoms with Crippen LogP contribution in [0.1, 0.15) is 41.3 Å². The number of phenols is 1. The number of piperidine rings is 1. The van der Waals surface area contributed by atoms with Crippen molar-refractivity contribution < 1.29 is 19.4 Å². The highest BCUT2D eigenvalue weighted by Crippen LogP contribution is 2.24. The first kappa shape index (κ1) is 17.0. The smallest absolute Gasteiger partial charge is 0.339 e.